The molecule has 2 aromatic carbocycles. The van der Waals surface area contributed by atoms with E-state index in [2.05, 4.69) is 10.6 Å². The van der Waals surface area contributed by atoms with E-state index in [1.54, 1.807) is 30.3 Å². The number of hydrogen-bond acceptors (Lipinski definition) is 4. The molecule has 2 N–H and O–H groups in total. The number of benzene rings is 2. The molecule has 0 heterocycles. The normalized spacial score (nSPS) is 10.4. The molecule has 0 aliphatic carbocycles. The number of anilines is 2. The minimum absolute atomic E-state index is 0.0400. The van der Waals surface area contributed by atoms with Crippen molar-refractivity contribution in [1.82, 2.24) is 0 Å². The summed E-state index contributed by atoms with van der Waals surface area (Å²) < 4.78 is 10.4. The number of rotatable bonds is 7. The Morgan fingerprint density at radius 2 is 1.59 bits per heavy atom. The highest BCUT2D eigenvalue weighted by molar-refractivity contribution is 6.32. The summed E-state index contributed by atoms with van der Waals surface area (Å²) in [7, 11) is 2.95. The van der Waals surface area contributed by atoms with Crippen LogP contribution < -0.4 is 20.1 Å². The molecular formula is C20H23ClN2O4. The number of carbonyl (C=O) groups is 2. The second-order valence-corrected chi connectivity index (χ2v) is 6.78. The molecule has 0 saturated heterocycles. The molecule has 144 valence electrons. The summed E-state index contributed by atoms with van der Waals surface area (Å²) in [5.41, 5.74) is 1.60. The Hall–Kier alpha value is -2.73. The summed E-state index contributed by atoms with van der Waals surface area (Å²) in [6, 6.07) is 9.96. The highest BCUT2D eigenvalue weighted by atomic mass is 35.5. The van der Waals surface area contributed by atoms with E-state index in [1.165, 1.54) is 20.3 Å². The van der Waals surface area contributed by atoms with E-state index < -0.39 is 0 Å². The van der Waals surface area contributed by atoms with Gasteiger partial charge in [0.05, 0.1) is 19.2 Å². The third-order valence-electron chi connectivity index (χ3n) is 3.72. The van der Waals surface area contributed by atoms with Gasteiger partial charge in [-0.15, -0.1) is 0 Å². The maximum atomic E-state index is 12.5. The summed E-state index contributed by atoms with van der Waals surface area (Å²) >= 11 is 6.14. The molecule has 0 aliphatic rings. The first-order valence-electron chi connectivity index (χ1n) is 8.46. The molecule has 2 rings (SSSR count). The Bertz CT molecular complexity index is 819. The predicted molar refractivity (Wildman–Crippen MR) is 107 cm³/mol. The van der Waals surface area contributed by atoms with Gasteiger partial charge in [-0.2, -0.15) is 0 Å². The van der Waals surface area contributed by atoms with Gasteiger partial charge < -0.3 is 20.1 Å². The largest absolute Gasteiger partial charge is 0.493 e. The Morgan fingerprint density at radius 3 is 2.11 bits per heavy atom. The van der Waals surface area contributed by atoms with Gasteiger partial charge in [0.25, 0.3) is 5.91 Å². The summed E-state index contributed by atoms with van der Waals surface area (Å²) in [5, 5.41) is 5.88. The maximum Gasteiger partial charge on any atom is 0.255 e. The average molecular weight is 391 g/mol. The second kappa shape index (κ2) is 9.28. The monoisotopic (exact) mass is 390 g/mol. The van der Waals surface area contributed by atoms with E-state index in [9.17, 15) is 9.59 Å². The van der Waals surface area contributed by atoms with Crippen LogP contribution in [0.1, 0.15) is 30.6 Å². The molecule has 6 nitrogen and oxygen atoms in total. The van der Waals surface area contributed by atoms with Crippen molar-refractivity contribution in [2.75, 3.05) is 24.9 Å². The third-order valence-corrected chi connectivity index (χ3v) is 4.00. The van der Waals surface area contributed by atoms with E-state index in [-0.39, 0.29) is 22.8 Å². The fourth-order valence-corrected chi connectivity index (χ4v) is 2.76. The minimum Gasteiger partial charge on any atom is -0.493 e. The van der Waals surface area contributed by atoms with Crippen molar-refractivity contribution in [3.05, 3.63) is 47.0 Å². The summed E-state index contributed by atoms with van der Waals surface area (Å²) in [6.07, 6.45) is 0.457. The van der Waals surface area contributed by atoms with Gasteiger partial charge in [-0.25, -0.2) is 0 Å². The highest BCUT2D eigenvalue weighted by Crippen LogP contribution is 2.36. The standard InChI is InChI=1S/C20H23ClN2O4/c1-12(2)9-18(24)22-14-5-7-15(8-6-14)23-20(25)13-10-16(21)19(27-4)17(11-13)26-3/h5-8,10-12H,9H2,1-4H3,(H,22,24)(H,23,25). The van der Waals surface area contributed by atoms with E-state index in [1.807, 2.05) is 13.8 Å². The number of ether oxygens (including phenoxy) is 2. The molecule has 0 atom stereocenters. The molecule has 0 spiro atoms. The summed E-state index contributed by atoms with van der Waals surface area (Å²) in [4.78, 5) is 24.3. The highest BCUT2D eigenvalue weighted by Gasteiger charge is 2.15. The number of nitrogens with one attached hydrogen (secondary N) is 2. The Kier molecular flexibility index (Phi) is 7.07. The van der Waals surface area contributed by atoms with Crippen molar-refractivity contribution in [3.8, 4) is 11.5 Å². The van der Waals surface area contributed by atoms with Gasteiger partial charge in [-0.05, 0) is 42.3 Å². The SMILES string of the molecule is COc1cc(C(=O)Nc2ccc(NC(=O)CC(C)C)cc2)cc(Cl)c1OC. The first kappa shape index (κ1) is 20.6. The van der Waals surface area contributed by atoms with E-state index in [0.717, 1.165) is 0 Å². The van der Waals surface area contributed by atoms with Crippen molar-refractivity contribution in [2.45, 2.75) is 20.3 Å². The molecule has 0 aliphatic heterocycles. The molecule has 0 bridgehead atoms. The van der Waals surface area contributed by atoms with Gasteiger partial charge >= 0.3 is 0 Å². The van der Waals surface area contributed by atoms with E-state index in [4.69, 9.17) is 21.1 Å². The number of amides is 2. The average Bonchev–Trinajstić information content (AvgIpc) is 2.61. The van der Waals surface area contributed by atoms with Crippen molar-refractivity contribution in [2.24, 2.45) is 5.92 Å². The second-order valence-electron chi connectivity index (χ2n) is 6.37. The third kappa shape index (κ3) is 5.62. The van der Waals surface area contributed by atoms with Crippen LogP contribution in [0.25, 0.3) is 0 Å². The Labute approximate surface area is 163 Å². The lowest BCUT2D eigenvalue weighted by molar-refractivity contribution is -0.116. The van der Waals surface area contributed by atoms with Crippen LogP contribution in [0.15, 0.2) is 36.4 Å². The Morgan fingerprint density at radius 1 is 1.00 bits per heavy atom. The molecule has 0 aromatic heterocycles. The number of carbonyl (C=O) groups excluding carboxylic acids is 2. The molecule has 2 amide bonds. The molecular weight excluding hydrogens is 368 g/mol. The summed E-state index contributed by atoms with van der Waals surface area (Å²) in [6.45, 7) is 3.97. The minimum atomic E-state index is -0.338. The molecule has 7 heteroatoms. The summed E-state index contributed by atoms with van der Waals surface area (Å²) in [5.74, 6) is 0.656. The zero-order chi connectivity index (χ0) is 20.0. The van der Waals surface area contributed by atoms with Crippen LogP contribution in [-0.2, 0) is 4.79 Å². The Balaban J connectivity index is 2.08. The fraction of sp³-hybridized carbons (Fsp3) is 0.300. The van der Waals surface area contributed by atoms with Crippen LogP contribution in [0.5, 0.6) is 11.5 Å². The van der Waals surface area contributed by atoms with Gasteiger partial charge in [0.2, 0.25) is 5.91 Å². The maximum absolute atomic E-state index is 12.5. The van der Waals surface area contributed by atoms with Crippen molar-refractivity contribution in [1.29, 1.82) is 0 Å². The van der Waals surface area contributed by atoms with Crippen LogP contribution in [0.3, 0.4) is 0 Å². The predicted octanol–water partition coefficient (Wildman–Crippen LogP) is 4.59. The molecule has 0 saturated carbocycles. The molecule has 2 aromatic rings. The number of halogens is 1. The molecule has 0 fully saturated rings. The fourth-order valence-electron chi connectivity index (χ4n) is 2.47. The molecule has 0 unspecified atom stereocenters. The van der Waals surface area contributed by atoms with E-state index in [0.29, 0.717) is 34.9 Å². The molecule has 27 heavy (non-hydrogen) atoms. The van der Waals surface area contributed by atoms with Crippen LogP contribution in [-0.4, -0.2) is 26.0 Å². The lowest BCUT2D eigenvalue weighted by Gasteiger charge is -2.12. The van der Waals surface area contributed by atoms with Crippen molar-refractivity contribution >= 4 is 34.8 Å². The van der Waals surface area contributed by atoms with E-state index >= 15 is 0 Å². The van der Waals surface area contributed by atoms with Crippen molar-refractivity contribution < 1.29 is 19.1 Å². The first-order valence-corrected chi connectivity index (χ1v) is 8.84. The smallest absolute Gasteiger partial charge is 0.255 e. The molecule has 0 radical (unpaired) electrons. The van der Waals surface area contributed by atoms with Crippen LogP contribution in [0.2, 0.25) is 5.02 Å². The number of methoxy groups -OCH3 is 2. The van der Waals surface area contributed by atoms with Gasteiger partial charge in [0, 0.05) is 23.4 Å². The van der Waals surface area contributed by atoms with Gasteiger partial charge in [-0.1, -0.05) is 25.4 Å². The quantitative estimate of drug-likeness (QED) is 0.724. The van der Waals surface area contributed by atoms with Crippen LogP contribution >= 0.6 is 11.6 Å². The lowest BCUT2D eigenvalue weighted by Crippen LogP contribution is -2.14. The lowest BCUT2D eigenvalue weighted by atomic mass is 10.1. The van der Waals surface area contributed by atoms with Crippen molar-refractivity contribution in [3.63, 3.8) is 0 Å². The topological polar surface area (TPSA) is 76.7 Å². The number of hydrogen-bond donors (Lipinski definition) is 2. The first-order chi connectivity index (χ1) is 12.8. The van der Waals surface area contributed by atoms with Gasteiger partial charge in [0.1, 0.15) is 0 Å². The van der Waals surface area contributed by atoms with Crippen LogP contribution in [0.4, 0.5) is 11.4 Å². The zero-order valence-electron chi connectivity index (χ0n) is 15.8. The van der Waals surface area contributed by atoms with Gasteiger partial charge in [0.15, 0.2) is 11.5 Å². The van der Waals surface area contributed by atoms with Gasteiger partial charge in [-0.3, -0.25) is 9.59 Å². The van der Waals surface area contributed by atoms with Crippen LogP contribution in [0, 0.1) is 5.92 Å². The zero-order valence-corrected chi connectivity index (χ0v) is 16.5.